The van der Waals surface area contributed by atoms with Crippen molar-refractivity contribution in [2.24, 2.45) is 0 Å². The molecule has 0 radical (unpaired) electrons. The van der Waals surface area contributed by atoms with Gasteiger partial charge in [-0.15, -0.1) is 0 Å². The van der Waals surface area contributed by atoms with E-state index in [9.17, 15) is 8.42 Å². The highest BCUT2D eigenvalue weighted by atomic mass is 32.2. The number of hydrogen-bond acceptors (Lipinski definition) is 6. The summed E-state index contributed by atoms with van der Waals surface area (Å²) in [5.41, 5.74) is 2.09. The molecule has 27 heavy (non-hydrogen) atoms. The summed E-state index contributed by atoms with van der Waals surface area (Å²) in [6.45, 7) is 5.47. The number of para-hydroxylation sites is 1. The average Bonchev–Trinajstić information content (AvgIpc) is 3.19. The largest absolute Gasteiger partial charge is 0.341 e. The quantitative estimate of drug-likeness (QED) is 0.745. The highest BCUT2D eigenvalue weighted by molar-refractivity contribution is 7.93. The van der Waals surface area contributed by atoms with Gasteiger partial charge in [0.2, 0.25) is 5.95 Å². The number of nitrogens with zero attached hydrogens (tertiary/aromatic N) is 4. The third-order valence-corrected chi connectivity index (χ3v) is 6.15. The van der Waals surface area contributed by atoms with Crippen LogP contribution in [0.25, 0.3) is 10.9 Å². The molecule has 2 aromatic heterocycles. The Hall–Kier alpha value is -2.74. The summed E-state index contributed by atoms with van der Waals surface area (Å²) in [4.78, 5) is 15.6. The van der Waals surface area contributed by atoms with Crippen LogP contribution < -0.4 is 9.62 Å². The molecule has 8 heteroatoms. The van der Waals surface area contributed by atoms with Gasteiger partial charge in [0.1, 0.15) is 4.90 Å². The fraction of sp³-hybridized carbons (Fsp3) is 0.316. The molecule has 7 nitrogen and oxygen atoms in total. The maximum Gasteiger partial charge on any atom is 0.264 e. The lowest BCUT2D eigenvalue weighted by molar-refractivity contribution is 0.601. The number of aromatic nitrogens is 3. The smallest absolute Gasteiger partial charge is 0.264 e. The Morgan fingerprint density at radius 1 is 1.00 bits per heavy atom. The van der Waals surface area contributed by atoms with Gasteiger partial charge in [0.05, 0.1) is 22.6 Å². The van der Waals surface area contributed by atoms with Crippen molar-refractivity contribution in [2.75, 3.05) is 22.7 Å². The molecule has 1 saturated heterocycles. The normalized spacial score (nSPS) is 14.7. The fourth-order valence-corrected chi connectivity index (χ4v) is 4.74. The van der Waals surface area contributed by atoms with Crippen LogP contribution in [-0.4, -0.2) is 36.5 Å². The Morgan fingerprint density at radius 3 is 2.37 bits per heavy atom. The topological polar surface area (TPSA) is 88.1 Å². The maximum atomic E-state index is 13.0. The number of benzene rings is 1. The molecule has 1 fully saturated rings. The van der Waals surface area contributed by atoms with E-state index in [-0.39, 0.29) is 4.90 Å². The lowest BCUT2D eigenvalue weighted by atomic mass is 10.2. The van der Waals surface area contributed by atoms with Gasteiger partial charge in [-0.1, -0.05) is 18.2 Å². The number of pyridine rings is 1. The molecule has 0 bridgehead atoms. The number of sulfonamides is 1. The zero-order chi connectivity index (χ0) is 19.0. The lowest BCUT2D eigenvalue weighted by Gasteiger charge is -2.19. The minimum Gasteiger partial charge on any atom is -0.341 e. The van der Waals surface area contributed by atoms with Gasteiger partial charge in [-0.3, -0.25) is 9.71 Å². The van der Waals surface area contributed by atoms with Crippen molar-refractivity contribution in [1.29, 1.82) is 0 Å². The van der Waals surface area contributed by atoms with E-state index in [0.717, 1.165) is 31.3 Å². The van der Waals surface area contributed by atoms with Crippen LogP contribution in [0.2, 0.25) is 0 Å². The highest BCUT2D eigenvalue weighted by Crippen LogP contribution is 2.27. The van der Waals surface area contributed by atoms with Gasteiger partial charge in [0.15, 0.2) is 0 Å². The molecule has 0 unspecified atom stereocenters. The Labute approximate surface area is 158 Å². The molecular weight excluding hydrogens is 362 g/mol. The molecule has 0 amide bonds. The molecule has 1 N–H and O–H groups in total. The molecule has 1 aromatic carbocycles. The van der Waals surface area contributed by atoms with Crippen LogP contribution in [0, 0.1) is 13.8 Å². The van der Waals surface area contributed by atoms with Crippen LogP contribution >= 0.6 is 0 Å². The summed E-state index contributed by atoms with van der Waals surface area (Å²) in [6.07, 6.45) is 3.85. The summed E-state index contributed by atoms with van der Waals surface area (Å²) in [5, 5.41) is 0.773. The summed E-state index contributed by atoms with van der Waals surface area (Å²) in [6, 6.07) is 8.73. The first-order valence-electron chi connectivity index (χ1n) is 8.92. The third kappa shape index (κ3) is 3.32. The molecule has 0 saturated carbocycles. The molecule has 0 spiro atoms. The first kappa shape index (κ1) is 17.7. The number of nitrogens with one attached hydrogen (secondary N) is 1. The van der Waals surface area contributed by atoms with Crippen molar-refractivity contribution >= 4 is 32.6 Å². The molecule has 0 aliphatic carbocycles. The van der Waals surface area contributed by atoms with Crippen LogP contribution in [0.4, 0.5) is 11.6 Å². The summed E-state index contributed by atoms with van der Waals surface area (Å²) >= 11 is 0. The van der Waals surface area contributed by atoms with E-state index in [1.54, 1.807) is 38.2 Å². The van der Waals surface area contributed by atoms with Crippen molar-refractivity contribution in [1.82, 2.24) is 15.0 Å². The number of fused-ring (bicyclic) bond motifs is 1. The monoisotopic (exact) mass is 383 g/mol. The van der Waals surface area contributed by atoms with Crippen molar-refractivity contribution in [2.45, 2.75) is 31.6 Å². The second-order valence-electron chi connectivity index (χ2n) is 6.70. The number of aryl methyl sites for hydroxylation is 2. The van der Waals surface area contributed by atoms with Crippen molar-refractivity contribution in [3.05, 3.63) is 47.9 Å². The van der Waals surface area contributed by atoms with Gasteiger partial charge in [0.25, 0.3) is 10.0 Å². The maximum absolute atomic E-state index is 13.0. The molecule has 140 valence electrons. The van der Waals surface area contributed by atoms with Gasteiger partial charge >= 0.3 is 0 Å². The third-order valence-electron chi connectivity index (χ3n) is 4.77. The Morgan fingerprint density at radius 2 is 1.67 bits per heavy atom. The van der Waals surface area contributed by atoms with Crippen LogP contribution in [0.5, 0.6) is 0 Å². The Kier molecular flexibility index (Phi) is 4.43. The Bertz CT molecular complexity index is 1080. The van der Waals surface area contributed by atoms with E-state index in [0.29, 0.717) is 28.5 Å². The molecule has 3 aromatic rings. The van der Waals surface area contributed by atoms with Crippen molar-refractivity contribution in [3.8, 4) is 0 Å². The van der Waals surface area contributed by atoms with Gasteiger partial charge in [0, 0.05) is 24.7 Å². The van der Waals surface area contributed by atoms with Crippen LogP contribution in [0.15, 0.2) is 41.4 Å². The second kappa shape index (κ2) is 6.77. The van der Waals surface area contributed by atoms with Gasteiger partial charge < -0.3 is 4.90 Å². The minimum absolute atomic E-state index is 0.142. The summed E-state index contributed by atoms with van der Waals surface area (Å²) in [5.74, 6) is 0.664. The van der Waals surface area contributed by atoms with E-state index in [1.165, 1.54) is 0 Å². The van der Waals surface area contributed by atoms with Crippen LogP contribution in [0.3, 0.4) is 0 Å². The SMILES string of the molecule is Cc1nc(N2CCCC2)nc(C)c1NS(=O)(=O)c1cccc2cccnc12. The van der Waals surface area contributed by atoms with E-state index >= 15 is 0 Å². The number of anilines is 2. The second-order valence-corrected chi connectivity index (χ2v) is 8.35. The van der Waals surface area contributed by atoms with E-state index in [4.69, 9.17) is 0 Å². The zero-order valence-corrected chi connectivity index (χ0v) is 16.1. The van der Waals surface area contributed by atoms with E-state index < -0.39 is 10.0 Å². The number of rotatable bonds is 4. The first-order chi connectivity index (χ1) is 13.0. The predicted octanol–water partition coefficient (Wildman–Crippen LogP) is 3.04. The van der Waals surface area contributed by atoms with Crippen LogP contribution in [-0.2, 0) is 10.0 Å². The molecule has 3 heterocycles. The van der Waals surface area contributed by atoms with E-state index in [2.05, 4.69) is 24.6 Å². The van der Waals surface area contributed by atoms with Crippen molar-refractivity contribution in [3.63, 3.8) is 0 Å². The molecular formula is C19H21N5O2S. The summed E-state index contributed by atoms with van der Waals surface area (Å²) < 4.78 is 28.8. The predicted molar refractivity (Wildman–Crippen MR) is 106 cm³/mol. The average molecular weight is 383 g/mol. The lowest BCUT2D eigenvalue weighted by Crippen LogP contribution is -2.22. The molecule has 4 rings (SSSR count). The van der Waals surface area contributed by atoms with Crippen LogP contribution in [0.1, 0.15) is 24.2 Å². The molecule has 1 aliphatic heterocycles. The highest BCUT2D eigenvalue weighted by Gasteiger charge is 2.23. The van der Waals surface area contributed by atoms with Gasteiger partial charge in [-0.25, -0.2) is 18.4 Å². The summed E-state index contributed by atoms with van der Waals surface area (Å²) in [7, 11) is -3.82. The zero-order valence-electron chi connectivity index (χ0n) is 15.3. The van der Waals surface area contributed by atoms with Gasteiger partial charge in [-0.05, 0) is 38.8 Å². The minimum atomic E-state index is -3.82. The standard InChI is InChI=1S/C19H21N5O2S/c1-13-17(14(2)22-19(21-13)24-11-3-4-12-24)23-27(25,26)16-9-5-7-15-8-6-10-20-18(15)16/h5-10,23H,3-4,11-12H2,1-2H3. The van der Waals surface area contributed by atoms with Gasteiger partial charge in [-0.2, -0.15) is 0 Å². The fourth-order valence-electron chi connectivity index (χ4n) is 3.39. The molecule has 1 aliphatic rings. The molecule has 0 atom stereocenters. The first-order valence-corrected chi connectivity index (χ1v) is 10.4. The van der Waals surface area contributed by atoms with E-state index in [1.807, 2.05) is 12.1 Å². The Balaban J connectivity index is 1.72. The number of hydrogen-bond donors (Lipinski definition) is 1. The van der Waals surface area contributed by atoms with Crippen molar-refractivity contribution < 1.29 is 8.42 Å².